The van der Waals surface area contributed by atoms with Crippen LogP contribution >= 0.6 is 0 Å². The molecule has 0 amide bonds. The quantitative estimate of drug-likeness (QED) is 0.694. The molecule has 0 aromatic heterocycles. The van der Waals surface area contributed by atoms with Crippen molar-refractivity contribution in [2.45, 2.75) is 52.6 Å². The number of ketones is 3. The minimum atomic E-state index is -1.52. The number of allylic oxidation sites excluding steroid dienone is 6. The van der Waals surface area contributed by atoms with Gasteiger partial charge in [0.25, 0.3) is 0 Å². The highest BCUT2D eigenvalue weighted by Crippen LogP contribution is 2.67. The lowest BCUT2D eigenvalue weighted by molar-refractivity contribution is -0.194. The zero-order valence-corrected chi connectivity index (χ0v) is 18.5. The highest BCUT2D eigenvalue weighted by molar-refractivity contribution is 6.02. The molecule has 4 aliphatic rings. The maximum Gasteiger partial charge on any atom is 0.306 e. The topological polar surface area (TPSA) is 97.7 Å². The van der Waals surface area contributed by atoms with Crippen LogP contribution in [-0.2, 0) is 23.9 Å². The summed E-state index contributed by atoms with van der Waals surface area (Å²) in [6.07, 6.45) is 9.69. The average Bonchev–Trinajstić information content (AvgIpc) is 2.94. The molecule has 31 heavy (non-hydrogen) atoms. The van der Waals surface area contributed by atoms with Crippen molar-refractivity contribution < 1.29 is 29.0 Å². The molecule has 0 saturated heterocycles. The van der Waals surface area contributed by atoms with E-state index >= 15 is 0 Å². The molecule has 0 bridgehead atoms. The summed E-state index contributed by atoms with van der Waals surface area (Å²) in [5.74, 6) is -2.03. The number of Topliss-reactive ketones (excluding diaryl/α,β-unsaturated/α-hetero) is 2. The molecule has 0 aromatic carbocycles. The number of aliphatic hydroxyl groups excluding tert-OH is 1. The second kappa shape index (κ2) is 7.09. The third-order valence-corrected chi connectivity index (χ3v) is 8.49. The first kappa shape index (κ1) is 21.9. The Kier molecular flexibility index (Phi) is 5.00. The van der Waals surface area contributed by atoms with Gasteiger partial charge in [-0.15, -0.1) is 0 Å². The molecule has 166 valence electrons. The smallest absolute Gasteiger partial charge is 0.306 e. The fourth-order valence-electron chi connectivity index (χ4n) is 7.06. The summed E-state index contributed by atoms with van der Waals surface area (Å²) in [5, 5.41) is 9.80. The number of rotatable bonds is 4. The van der Waals surface area contributed by atoms with Crippen LogP contribution in [0.5, 0.6) is 0 Å². The van der Waals surface area contributed by atoms with Crippen molar-refractivity contribution in [1.29, 1.82) is 0 Å². The molecule has 6 nitrogen and oxygen atoms in total. The maximum absolute atomic E-state index is 13.7. The fourth-order valence-corrected chi connectivity index (χ4v) is 7.06. The molecule has 0 spiro atoms. The third kappa shape index (κ3) is 2.73. The van der Waals surface area contributed by atoms with Crippen molar-refractivity contribution in [3.8, 4) is 0 Å². The number of carbonyl (C=O) groups is 4. The molecule has 4 rings (SSSR count). The van der Waals surface area contributed by atoms with Gasteiger partial charge in [-0.2, -0.15) is 0 Å². The van der Waals surface area contributed by atoms with E-state index in [1.165, 1.54) is 6.08 Å². The summed E-state index contributed by atoms with van der Waals surface area (Å²) in [4.78, 5) is 51.1. The van der Waals surface area contributed by atoms with E-state index in [4.69, 9.17) is 4.74 Å². The van der Waals surface area contributed by atoms with Gasteiger partial charge in [-0.05, 0) is 36.0 Å². The fraction of sp³-hybridized carbons (Fsp3) is 0.600. The highest BCUT2D eigenvalue weighted by atomic mass is 16.6. The molecule has 0 aromatic rings. The van der Waals surface area contributed by atoms with Crippen LogP contribution in [0.3, 0.4) is 0 Å². The Morgan fingerprint density at radius 3 is 2.58 bits per heavy atom. The third-order valence-electron chi connectivity index (χ3n) is 8.49. The van der Waals surface area contributed by atoms with E-state index < -0.39 is 34.8 Å². The number of ether oxygens (including phenoxy) is 1. The van der Waals surface area contributed by atoms with Gasteiger partial charge in [0.1, 0.15) is 12.4 Å². The van der Waals surface area contributed by atoms with Crippen LogP contribution in [0.2, 0.25) is 0 Å². The summed E-state index contributed by atoms with van der Waals surface area (Å²) >= 11 is 0. The standard InChI is InChI=1S/C25H30O6/c1-5-21(30)31-25(20(29)13-26)14(2)10-18-17-7-6-15-11-16(27)8-9-23(15,3)22(17)19(28)12-24(18,25)4/h6-9,11,14,17-18,22,26H,5,10,12-13H2,1-4H3/t14-,17+,18+,22-,23+,24+,25-/m1/s1. The molecule has 7 atom stereocenters. The van der Waals surface area contributed by atoms with E-state index in [1.807, 2.05) is 39.0 Å². The van der Waals surface area contributed by atoms with E-state index in [9.17, 15) is 24.3 Å². The zero-order valence-electron chi connectivity index (χ0n) is 18.5. The zero-order chi connectivity index (χ0) is 22.8. The van der Waals surface area contributed by atoms with E-state index in [0.717, 1.165) is 5.57 Å². The first-order valence-corrected chi connectivity index (χ1v) is 11.1. The van der Waals surface area contributed by atoms with Crippen molar-refractivity contribution in [2.24, 2.45) is 34.5 Å². The Morgan fingerprint density at radius 2 is 1.94 bits per heavy atom. The largest absolute Gasteiger partial charge is 0.450 e. The number of fused-ring (bicyclic) bond motifs is 5. The molecule has 2 saturated carbocycles. The van der Waals surface area contributed by atoms with Crippen LogP contribution in [0.15, 0.2) is 36.0 Å². The van der Waals surface area contributed by atoms with Crippen molar-refractivity contribution >= 4 is 23.3 Å². The molecule has 4 aliphatic carbocycles. The lowest BCUT2D eigenvalue weighted by atomic mass is 9.48. The van der Waals surface area contributed by atoms with Gasteiger partial charge in [-0.3, -0.25) is 19.2 Å². The minimum Gasteiger partial charge on any atom is -0.450 e. The minimum absolute atomic E-state index is 0.00254. The summed E-state index contributed by atoms with van der Waals surface area (Å²) in [6.45, 7) is 6.66. The lowest BCUT2D eigenvalue weighted by Gasteiger charge is -2.55. The van der Waals surface area contributed by atoms with Crippen LogP contribution < -0.4 is 0 Å². The lowest BCUT2D eigenvalue weighted by Crippen LogP contribution is -2.63. The van der Waals surface area contributed by atoms with Crippen LogP contribution in [0.4, 0.5) is 0 Å². The van der Waals surface area contributed by atoms with Crippen molar-refractivity contribution in [3.05, 3.63) is 36.0 Å². The Hall–Kier alpha value is -2.34. The Labute approximate surface area is 182 Å². The molecule has 0 heterocycles. The van der Waals surface area contributed by atoms with Gasteiger partial charge in [-0.25, -0.2) is 0 Å². The Bertz CT molecular complexity index is 957. The SMILES string of the molecule is CCC(=O)O[C@@]1(C(=O)CO)[C@H](C)C[C@H]2[C@@H]3C=CC4=CC(=O)C=C[C@]4(C)[C@H]3C(=O)C[C@@]21C. The van der Waals surface area contributed by atoms with E-state index in [2.05, 4.69) is 0 Å². The second-order valence-electron chi connectivity index (χ2n) is 9.98. The second-order valence-corrected chi connectivity index (χ2v) is 9.98. The van der Waals surface area contributed by atoms with Gasteiger partial charge >= 0.3 is 5.97 Å². The van der Waals surface area contributed by atoms with Gasteiger partial charge < -0.3 is 9.84 Å². The van der Waals surface area contributed by atoms with Crippen LogP contribution in [0, 0.1) is 34.5 Å². The molecule has 2 fully saturated rings. The Balaban J connectivity index is 1.85. The van der Waals surface area contributed by atoms with Crippen molar-refractivity contribution in [2.75, 3.05) is 6.61 Å². The van der Waals surface area contributed by atoms with E-state index in [1.54, 1.807) is 13.0 Å². The van der Waals surface area contributed by atoms with Crippen molar-refractivity contribution in [3.63, 3.8) is 0 Å². The van der Waals surface area contributed by atoms with Crippen LogP contribution in [0.25, 0.3) is 0 Å². The predicted octanol–water partition coefficient (Wildman–Crippen LogP) is 2.75. The van der Waals surface area contributed by atoms with Gasteiger partial charge in [0.2, 0.25) is 5.78 Å². The van der Waals surface area contributed by atoms with E-state index in [0.29, 0.717) is 6.42 Å². The molecular weight excluding hydrogens is 396 g/mol. The summed E-state index contributed by atoms with van der Waals surface area (Å²) in [6, 6.07) is 0. The molecule has 0 unspecified atom stereocenters. The first-order chi connectivity index (χ1) is 14.5. The first-order valence-electron chi connectivity index (χ1n) is 11.1. The molecular formula is C25H30O6. The van der Waals surface area contributed by atoms with Crippen LogP contribution in [-0.4, -0.2) is 40.6 Å². The van der Waals surface area contributed by atoms with Crippen molar-refractivity contribution in [1.82, 2.24) is 0 Å². The van der Waals surface area contributed by atoms with Gasteiger partial charge in [0.05, 0.1) is 0 Å². The van der Waals surface area contributed by atoms with Crippen LogP contribution in [0.1, 0.15) is 47.0 Å². The number of aliphatic hydroxyl groups is 1. The molecule has 6 heteroatoms. The highest BCUT2D eigenvalue weighted by Gasteiger charge is 2.72. The predicted molar refractivity (Wildman–Crippen MR) is 113 cm³/mol. The number of hydrogen-bond acceptors (Lipinski definition) is 6. The summed E-state index contributed by atoms with van der Waals surface area (Å²) in [7, 11) is 0. The Morgan fingerprint density at radius 1 is 1.23 bits per heavy atom. The molecule has 0 aliphatic heterocycles. The number of hydrogen-bond donors (Lipinski definition) is 1. The van der Waals surface area contributed by atoms with Gasteiger partial charge in [0, 0.05) is 35.5 Å². The average molecular weight is 427 g/mol. The number of esters is 1. The monoisotopic (exact) mass is 426 g/mol. The summed E-state index contributed by atoms with van der Waals surface area (Å²) < 4.78 is 5.86. The summed E-state index contributed by atoms with van der Waals surface area (Å²) in [5.41, 5.74) is -2.19. The van der Waals surface area contributed by atoms with Gasteiger partial charge in [-0.1, -0.05) is 45.9 Å². The van der Waals surface area contributed by atoms with E-state index in [-0.39, 0.29) is 48.1 Å². The molecule has 0 radical (unpaired) electrons. The van der Waals surface area contributed by atoms with Gasteiger partial charge in [0.15, 0.2) is 11.4 Å². The normalized spacial score (nSPS) is 43.1. The number of carbonyl (C=O) groups excluding carboxylic acids is 4. The molecule has 1 N–H and O–H groups in total. The maximum atomic E-state index is 13.7.